The van der Waals surface area contributed by atoms with Crippen molar-refractivity contribution in [3.05, 3.63) is 29.6 Å². The first-order valence-electron chi connectivity index (χ1n) is 9.05. The van der Waals surface area contributed by atoms with Gasteiger partial charge in [0.25, 0.3) is 0 Å². The maximum atomic E-state index is 4.77. The van der Waals surface area contributed by atoms with Crippen LogP contribution < -0.4 is 5.32 Å². The lowest BCUT2D eigenvalue weighted by molar-refractivity contribution is 0.306. The molecule has 21 heavy (non-hydrogen) atoms. The van der Waals surface area contributed by atoms with E-state index in [9.17, 15) is 0 Å². The number of rotatable bonds is 4. The minimum atomic E-state index is 0.721. The molecule has 0 radical (unpaired) electrons. The van der Waals surface area contributed by atoms with Crippen molar-refractivity contribution in [2.24, 2.45) is 5.92 Å². The van der Waals surface area contributed by atoms with Gasteiger partial charge in [-0.3, -0.25) is 4.98 Å². The largest absolute Gasteiger partial charge is 0.314 e. The number of aromatic nitrogens is 1. The predicted octanol–water partition coefficient (Wildman–Crippen LogP) is 4.45. The fraction of sp³-hybridized carbons (Fsp3) is 0.737. The average molecular weight is 286 g/mol. The van der Waals surface area contributed by atoms with Crippen molar-refractivity contribution in [1.29, 1.82) is 0 Å². The van der Waals surface area contributed by atoms with Crippen molar-refractivity contribution < 1.29 is 0 Å². The van der Waals surface area contributed by atoms with Crippen molar-refractivity contribution in [2.75, 3.05) is 6.54 Å². The van der Waals surface area contributed by atoms with Crippen LogP contribution in [0, 0.1) is 5.92 Å². The molecule has 2 aliphatic carbocycles. The molecule has 1 N–H and O–H groups in total. The second kappa shape index (κ2) is 7.40. The molecular weight excluding hydrogens is 256 g/mol. The van der Waals surface area contributed by atoms with Crippen LogP contribution in [0.4, 0.5) is 0 Å². The molecule has 2 heteroatoms. The molecule has 0 aliphatic heterocycles. The van der Waals surface area contributed by atoms with E-state index in [2.05, 4.69) is 24.4 Å². The molecule has 1 heterocycles. The molecule has 2 aliphatic rings. The number of hydrogen-bond donors (Lipinski definition) is 1. The second-order valence-corrected chi connectivity index (χ2v) is 6.98. The molecule has 0 aromatic carbocycles. The van der Waals surface area contributed by atoms with Gasteiger partial charge in [0.15, 0.2) is 0 Å². The molecule has 0 saturated heterocycles. The predicted molar refractivity (Wildman–Crippen MR) is 88.6 cm³/mol. The number of aryl methyl sites for hydroxylation is 1. The number of nitrogens with one attached hydrogen (secondary N) is 1. The van der Waals surface area contributed by atoms with Gasteiger partial charge in [-0.15, -0.1) is 0 Å². The van der Waals surface area contributed by atoms with Crippen molar-refractivity contribution in [2.45, 2.75) is 76.7 Å². The quantitative estimate of drug-likeness (QED) is 0.827. The van der Waals surface area contributed by atoms with Gasteiger partial charge in [-0.25, -0.2) is 0 Å². The molecule has 0 spiro atoms. The summed E-state index contributed by atoms with van der Waals surface area (Å²) in [5, 5.41) is 3.78. The number of fused-ring (bicyclic) bond motifs is 1. The summed E-state index contributed by atoms with van der Waals surface area (Å²) in [4.78, 5) is 4.77. The van der Waals surface area contributed by atoms with Crippen LogP contribution in [-0.4, -0.2) is 17.6 Å². The van der Waals surface area contributed by atoms with E-state index in [-0.39, 0.29) is 0 Å². The Labute approximate surface area is 129 Å². The maximum Gasteiger partial charge on any atom is 0.0469 e. The SMILES string of the molecule is CCCNC1CCCCC(C2CCCc3cccnc32)C1. The summed E-state index contributed by atoms with van der Waals surface area (Å²) in [5.74, 6) is 1.56. The third-order valence-corrected chi connectivity index (χ3v) is 5.46. The van der Waals surface area contributed by atoms with Crippen LogP contribution in [0.25, 0.3) is 0 Å². The van der Waals surface area contributed by atoms with Crippen LogP contribution in [0.3, 0.4) is 0 Å². The zero-order valence-electron chi connectivity index (χ0n) is 13.5. The van der Waals surface area contributed by atoms with Crippen LogP contribution in [0.15, 0.2) is 18.3 Å². The zero-order chi connectivity index (χ0) is 14.5. The van der Waals surface area contributed by atoms with Gasteiger partial charge in [0.1, 0.15) is 0 Å². The van der Waals surface area contributed by atoms with E-state index in [0.29, 0.717) is 0 Å². The summed E-state index contributed by atoms with van der Waals surface area (Å²) in [5.41, 5.74) is 2.96. The van der Waals surface area contributed by atoms with Crippen molar-refractivity contribution >= 4 is 0 Å². The smallest absolute Gasteiger partial charge is 0.0469 e. The third-order valence-electron chi connectivity index (χ3n) is 5.46. The lowest BCUT2D eigenvalue weighted by Crippen LogP contribution is -2.32. The molecule has 2 nitrogen and oxygen atoms in total. The number of nitrogens with zero attached hydrogens (tertiary/aromatic N) is 1. The first-order valence-corrected chi connectivity index (χ1v) is 9.05. The molecule has 3 unspecified atom stereocenters. The van der Waals surface area contributed by atoms with Gasteiger partial charge in [-0.05, 0) is 69.0 Å². The Morgan fingerprint density at radius 3 is 3.00 bits per heavy atom. The highest BCUT2D eigenvalue weighted by molar-refractivity contribution is 5.26. The minimum Gasteiger partial charge on any atom is -0.314 e. The Morgan fingerprint density at radius 2 is 2.10 bits per heavy atom. The van der Waals surface area contributed by atoms with Gasteiger partial charge in [0.05, 0.1) is 0 Å². The normalized spacial score (nSPS) is 29.7. The van der Waals surface area contributed by atoms with Gasteiger partial charge in [-0.2, -0.15) is 0 Å². The molecule has 0 bridgehead atoms. The first-order chi connectivity index (χ1) is 10.4. The van der Waals surface area contributed by atoms with E-state index >= 15 is 0 Å². The van der Waals surface area contributed by atoms with E-state index in [0.717, 1.165) is 17.9 Å². The first kappa shape index (κ1) is 15.0. The van der Waals surface area contributed by atoms with Crippen molar-refractivity contribution in [1.82, 2.24) is 10.3 Å². The van der Waals surface area contributed by atoms with Crippen molar-refractivity contribution in [3.63, 3.8) is 0 Å². The van der Waals surface area contributed by atoms with Gasteiger partial charge < -0.3 is 5.32 Å². The monoisotopic (exact) mass is 286 g/mol. The molecule has 1 fully saturated rings. The Kier molecular flexibility index (Phi) is 5.29. The van der Waals surface area contributed by atoms with Crippen LogP contribution in [0.2, 0.25) is 0 Å². The van der Waals surface area contributed by atoms with Gasteiger partial charge in [-0.1, -0.05) is 25.8 Å². The molecule has 0 amide bonds. The van der Waals surface area contributed by atoms with E-state index < -0.39 is 0 Å². The van der Waals surface area contributed by atoms with Crippen LogP contribution in [0.1, 0.15) is 75.5 Å². The van der Waals surface area contributed by atoms with Gasteiger partial charge in [0.2, 0.25) is 0 Å². The molecule has 1 aromatic heterocycles. The second-order valence-electron chi connectivity index (χ2n) is 6.98. The van der Waals surface area contributed by atoms with E-state index in [1.807, 2.05) is 6.20 Å². The summed E-state index contributed by atoms with van der Waals surface area (Å²) in [6.07, 6.45) is 14.2. The lowest BCUT2D eigenvalue weighted by atomic mass is 9.75. The highest BCUT2D eigenvalue weighted by atomic mass is 14.9. The number of pyridine rings is 1. The molecule has 3 atom stereocenters. The molecular formula is C19H30N2. The standard InChI is InChI=1S/C19H30N2/c1-2-12-20-17-10-4-3-7-16(14-17)18-11-5-8-15-9-6-13-21-19(15)18/h6,9,13,16-18,20H,2-5,7-8,10-12,14H2,1H3. The summed E-state index contributed by atoms with van der Waals surface area (Å²) in [7, 11) is 0. The summed E-state index contributed by atoms with van der Waals surface area (Å²) >= 11 is 0. The maximum absolute atomic E-state index is 4.77. The average Bonchev–Trinajstić information content (AvgIpc) is 2.78. The fourth-order valence-corrected chi connectivity index (χ4v) is 4.40. The zero-order valence-corrected chi connectivity index (χ0v) is 13.5. The summed E-state index contributed by atoms with van der Waals surface area (Å²) < 4.78 is 0. The summed E-state index contributed by atoms with van der Waals surface area (Å²) in [6.45, 7) is 3.44. The Hall–Kier alpha value is -0.890. The van der Waals surface area contributed by atoms with Crippen molar-refractivity contribution in [3.8, 4) is 0 Å². The third kappa shape index (κ3) is 3.66. The molecule has 1 aromatic rings. The molecule has 1 saturated carbocycles. The highest BCUT2D eigenvalue weighted by Crippen LogP contribution is 2.41. The van der Waals surface area contributed by atoms with Crippen LogP contribution >= 0.6 is 0 Å². The Morgan fingerprint density at radius 1 is 1.19 bits per heavy atom. The number of hydrogen-bond acceptors (Lipinski definition) is 2. The van der Waals surface area contributed by atoms with E-state index in [4.69, 9.17) is 4.98 Å². The van der Waals surface area contributed by atoms with Gasteiger partial charge in [0, 0.05) is 23.9 Å². The highest BCUT2D eigenvalue weighted by Gasteiger charge is 2.31. The Balaban J connectivity index is 1.73. The lowest BCUT2D eigenvalue weighted by Gasteiger charge is -2.32. The van der Waals surface area contributed by atoms with E-state index in [1.165, 1.54) is 75.6 Å². The van der Waals surface area contributed by atoms with Gasteiger partial charge >= 0.3 is 0 Å². The summed E-state index contributed by atoms with van der Waals surface area (Å²) in [6, 6.07) is 5.16. The topological polar surface area (TPSA) is 24.9 Å². The fourth-order valence-electron chi connectivity index (χ4n) is 4.40. The van der Waals surface area contributed by atoms with Crippen LogP contribution in [-0.2, 0) is 6.42 Å². The minimum absolute atomic E-state index is 0.721. The van der Waals surface area contributed by atoms with E-state index in [1.54, 1.807) is 0 Å². The molecule has 3 rings (SSSR count). The molecule has 116 valence electrons. The Bertz CT molecular complexity index is 443. The van der Waals surface area contributed by atoms with Crippen LogP contribution in [0.5, 0.6) is 0 Å².